The largest absolute Gasteiger partial charge is 0.399 e. The van der Waals surface area contributed by atoms with Gasteiger partial charge in [0.2, 0.25) is 0 Å². The van der Waals surface area contributed by atoms with E-state index in [0.29, 0.717) is 16.9 Å². The molecule has 5 nitrogen and oxygen atoms in total. The Morgan fingerprint density at radius 1 is 1.42 bits per heavy atom. The first kappa shape index (κ1) is 12.9. The number of nitrogen functional groups attached to an aromatic ring is 1. The van der Waals surface area contributed by atoms with E-state index in [4.69, 9.17) is 22.6 Å². The zero-order valence-electron chi connectivity index (χ0n) is 9.72. The zero-order chi connectivity index (χ0) is 13.8. The molecule has 0 unspecified atom stereocenters. The number of nitrogens with two attached hydrogens (primary N) is 1. The summed E-state index contributed by atoms with van der Waals surface area (Å²) in [6.45, 7) is 0. The Morgan fingerprint density at radius 3 is 2.89 bits per heavy atom. The number of benzene rings is 1. The molecule has 94 valence electrons. The first-order valence-electron chi connectivity index (χ1n) is 5.32. The van der Waals surface area contributed by atoms with E-state index < -0.39 is 5.91 Å². The van der Waals surface area contributed by atoms with Crippen molar-refractivity contribution < 1.29 is 4.79 Å². The van der Waals surface area contributed by atoms with E-state index in [-0.39, 0.29) is 10.6 Å². The first-order valence-corrected chi connectivity index (χ1v) is 5.70. The molecule has 3 N–H and O–H groups in total. The molecular weight excluding hydrogens is 264 g/mol. The van der Waals surface area contributed by atoms with Crippen LogP contribution in [0, 0.1) is 11.3 Å². The number of nitrogens with one attached hydrogen (secondary N) is 1. The van der Waals surface area contributed by atoms with Gasteiger partial charge in [0.05, 0.1) is 21.8 Å². The lowest BCUT2D eigenvalue weighted by Crippen LogP contribution is -2.13. The molecule has 0 spiro atoms. The van der Waals surface area contributed by atoms with Crippen molar-refractivity contribution in [2.75, 3.05) is 11.1 Å². The third kappa shape index (κ3) is 2.81. The fourth-order valence-corrected chi connectivity index (χ4v) is 1.72. The van der Waals surface area contributed by atoms with Gasteiger partial charge in [0.15, 0.2) is 0 Å². The average Bonchev–Trinajstić information content (AvgIpc) is 2.41. The number of amides is 1. The maximum Gasteiger partial charge on any atom is 0.257 e. The average molecular weight is 273 g/mol. The van der Waals surface area contributed by atoms with E-state index in [1.165, 1.54) is 24.5 Å². The van der Waals surface area contributed by atoms with Gasteiger partial charge in [-0.3, -0.25) is 9.78 Å². The summed E-state index contributed by atoms with van der Waals surface area (Å²) in [4.78, 5) is 15.8. The molecular formula is C13H9ClN4O. The molecule has 0 atom stereocenters. The summed E-state index contributed by atoms with van der Waals surface area (Å²) in [6, 6.07) is 8.13. The number of halogens is 1. The van der Waals surface area contributed by atoms with Crippen molar-refractivity contribution in [3.05, 3.63) is 52.8 Å². The van der Waals surface area contributed by atoms with Gasteiger partial charge in [-0.05, 0) is 24.3 Å². The summed E-state index contributed by atoms with van der Waals surface area (Å²) >= 11 is 5.88. The maximum atomic E-state index is 12.0. The van der Waals surface area contributed by atoms with E-state index in [2.05, 4.69) is 10.3 Å². The summed E-state index contributed by atoms with van der Waals surface area (Å²) in [5, 5.41) is 11.8. The van der Waals surface area contributed by atoms with Crippen molar-refractivity contribution in [1.82, 2.24) is 4.98 Å². The summed E-state index contributed by atoms with van der Waals surface area (Å²) in [5.41, 5.74) is 6.99. The van der Waals surface area contributed by atoms with Crippen LogP contribution in [0.2, 0.25) is 5.02 Å². The predicted octanol–water partition coefficient (Wildman–Crippen LogP) is 2.44. The lowest BCUT2D eigenvalue weighted by molar-refractivity contribution is 0.102. The number of nitriles is 1. The van der Waals surface area contributed by atoms with Gasteiger partial charge in [0.1, 0.15) is 6.07 Å². The second-order valence-corrected chi connectivity index (χ2v) is 4.13. The SMILES string of the molecule is N#Cc1cc(N)ccc1NC(=O)c1ccncc1Cl. The number of hydrogen-bond donors (Lipinski definition) is 2. The smallest absolute Gasteiger partial charge is 0.257 e. The van der Waals surface area contributed by atoms with Crippen molar-refractivity contribution in [3.63, 3.8) is 0 Å². The van der Waals surface area contributed by atoms with Crippen molar-refractivity contribution in [3.8, 4) is 6.07 Å². The van der Waals surface area contributed by atoms with Gasteiger partial charge in [-0.2, -0.15) is 5.26 Å². The minimum absolute atomic E-state index is 0.244. The second-order valence-electron chi connectivity index (χ2n) is 3.73. The second kappa shape index (κ2) is 5.38. The number of carbonyl (C=O) groups excluding carboxylic acids is 1. The monoisotopic (exact) mass is 272 g/mol. The summed E-state index contributed by atoms with van der Waals surface area (Å²) < 4.78 is 0. The van der Waals surface area contributed by atoms with E-state index in [1.54, 1.807) is 12.1 Å². The summed E-state index contributed by atoms with van der Waals surface area (Å²) in [5.74, 6) is -0.409. The molecule has 0 aliphatic rings. The molecule has 0 aliphatic carbocycles. The molecule has 1 heterocycles. The molecule has 1 aromatic heterocycles. The molecule has 1 amide bonds. The number of nitrogens with zero attached hydrogens (tertiary/aromatic N) is 2. The first-order chi connectivity index (χ1) is 9.11. The van der Waals surface area contributed by atoms with Crippen LogP contribution in [0.3, 0.4) is 0 Å². The molecule has 0 radical (unpaired) electrons. The Bertz CT molecular complexity index is 679. The minimum atomic E-state index is -0.409. The van der Waals surface area contributed by atoms with E-state index in [0.717, 1.165) is 0 Å². The number of pyridine rings is 1. The van der Waals surface area contributed by atoms with Crippen LogP contribution in [-0.4, -0.2) is 10.9 Å². The third-order valence-electron chi connectivity index (χ3n) is 2.43. The number of carbonyl (C=O) groups is 1. The number of aromatic nitrogens is 1. The highest BCUT2D eigenvalue weighted by Gasteiger charge is 2.12. The topological polar surface area (TPSA) is 91.8 Å². The van der Waals surface area contributed by atoms with Crippen LogP contribution >= 0.6 is 11.6 Å². The normalized spacial score (nSPS) is 9.68. The molecule has 6 heteroatoms. The molecule has 19 heavy (non-hydrogen) atoms. The minimum Gasteiger partial charge on any atom is -0.399 e. The quantitative estimate of drug-likeness (QED) is 0.821. The van der Waals surface area contributed by atoms with Gasteiger partial charge < -0.3 is 11.1 Å². The summed E-state index contributed by atoms with van der Waals surface area (Å²) in [7, 11) is 0. The van der Waals surface area contributed by atoms with E-state index in [1.807, 2.05) is 6.07 Å². The lowest BCUT2D eigenvalue weighted by atomic mass is 10.1. The number of hydrogen-bond acceptors (Lipinski definition) is 4. The molecule has 0 aliphatic heterocycles. The molecule has 1 aromatic carbocycles. The highest BCUT2D eigenvalue weighted by Crippen LogP contribution is 2.20. The Kier molecular flexibility index (Phi) is 3.64. The standard InChI is InChI=1S/C13H9ClN4O/c14-11-7-17-4-3-10(11)13(19)18-12-2-1-9(16)5-8(12)6-15/h1-5,7H,16H2,(H,18,19). The molecule has 0 fully saturated rings. The molecule has 0 saturated carbocycles. The number of rotatable bonds is 2. The van der Waals surface area contributed by atoms with Gasteiger partial charge in [-0.1, -0.05) is 11.6 Å². The zero-order valence-corrected chi connectivity index (χ0v) is 10.5. The fraction of sp³-hybridized carbons (Fsp3) is 0. The van der Waals surface area contributed by atoms with Crippen LogP contribution < -0.4 is 11.1 Å². The Hall–Kier alpha value is -2.58. The molecule has 2 aromatic rings. The van der Waals surface area contributed by atoms with Crippen molar-refractivity contribution in [1.29, 1.82) is 5.26 Å². The third-order valence-corrected chi connectivity index (χ3v) is 2.73. The van der Waals surface area contributed by atoms with Gasteiger partial charge >= 0.3 is 0 Å². The molecule has 2 rings (SSSR count). The Morgan fingerprint density at radius 2 is 2.21 bits per heavy atom. The summed E-state index contributed by atoms with van der Waals surface area (Å²) in [6.07, 6.45) is 2.85. The number of anilines is 2. The van der Waals surface area contributed by atoms with Gasteiger partial charge in [0.25, 0.3) is 5.91 Å². The van der Waals surface area contributed by atoms with E-state index in [9.17, 15) is 4.79 Å². The van der Waals surface area contributed by atoms with Crippen molar-refractivity contribution in [2.45, 2.75) is 0 Å². The van der Waals surface area contributed by atoms with Crippen LogP contribution in [-0.2, 0) is 0 Å². The molecule has 0 saturated heterocycles. The van der Waals surface area contributed by atoms with Gasteiger partial charge in [-0.25, -0.2) is 0 Å². The van der Waals surface area contributed by atoms with Crippen LogP contribution in [0.4, 0.5) is 11.4 Å². The highest BCUT2D eigenvalue weighted by atomic mass is 35.5. The molecule has 0 bridgehead atoms. The van der Waals surface area contributed by atoms with Crippen LogP contribution in [0.15, 0.2) is 36.7 Å². The lowest BCUT2D eigenvalue weighted by Gasteiger charge is -2.08. The van der Waals surface area contributed by atoms with Gasteiger partial charge in [0, 0.05) is 18.1 Å². The predicted molar refractivity (Wildman–Crippen MR) is 72.8 cm³/mol. The van der Waals surface area contributed by atoms with E-state index >= 15 is 0 Å². The Labute approximate surface area is 114 Å². The maximum absolute atomic E-state index is 12.0. The fourth-order valence-electron chi connectivity index (χ4n) is 1.51. The van der Waals surface area contributed by atoms with Crippen LogP contribution in [0.1, 0.15) is 15.9 Å². The van der Waals surface area contributed by atoms with Crippen LogP contribution in [0.25, 0.3) is 0 Å². The van der Waals surface area contributed by atoms with Gasteiger partial charge in [-0.15, -0.1) is 0 Å². The van der Waals surface area contributed by atoms with Crippen molar-refractivity contribution in [2.24, 2.45) is 0 Å². The van der Waals surface area contributed by atoms with Crippen molar-refractivity contribution >= 4 is 28.9 Å². The highest BCUT2D eigenvalue weighted by molar-refractivity contribution is 6.34. The van der Waals surface area contributed by atoms with Crippen LogP contribution in [0.5, 0.6) is 0 Å². The Balaban J connectivity index is 2.30.